The van der Waals surface area contributed by atoms with Crippen LogP contribution in [-0.4, -0.2) is 17.2 Å². The number of para-hydroxylation sites is 2. The van der Waals surface area contributed by atoms with E-state index in [9.17, 15) is 0 Å². The fraction of sp³-hybridized carbons (Fsp3) is 0.160. The van der Waals surface area contributed by atoms with Crippen LogP contribution in [0.3, 0.4) is 0 Å². The van der Waals surface area contributed by atoms with Crippen LogP contribution < -0.4 is 15.6 Å². The van der Waals surface area contributed by atoms with Gasteiger partial charge < -0.3 is 9.13 Å². The van der Waals surface area contributed by atoms with Gasteiger partial charge in [-0.3, -0.25) is 0 Å². The highest BCUT2D eigenvalue weighted by Crippen LogP contribution is 2.40. The lowest BCUT2D eigenvalue weighted by atomic mass is 9.86. The molecule has 0 fully saturated rings. The van der Waals surface area contributed by atoms with Crippen molar-refractivity contribution in [2.75, 3.05) is 0 Å². The summed E-state index contributed by atoms with van der Waals surface area (Å²) in [6.07, 6.45) is 0. The zero-order chi connectivity index (χ0) is 36.5. The zero-order valence-electron chi connectivity index (χ0n) is 31.6. The highest BCUT2D eigenvalue weighted by Gasteiger charge is 2.49. The lowest BCUT2D eigenvalue weighted by Gasteiger charge is -2.44. The first-order valence-electron chi connectivity index (χ1n) is 18.9. The van der Waals surface area contributed by atoms with Crippen LogP contribution in [0.5, 0.6) is 0 Å². The number of benzene rings is 7. The second-order valence-electron chi connectivity index (χ2n) is 16.7. The summed E-state index contributed by atoms with van der Waals surface area (Å²) in [5.74, 6) is 0. The van der Waals surface area contributed by atoms with Gasteiger partial charge in [0.2, 0.25) is 0 Å². The molecule has 0 spiro atoms. The molecule has 0 aliphatic carbocycles. The summed E-state index contributed by atoms with van der Waals surface area (Å²) in [5.41, 5.74) is 8.63. The Labute approximate surface area is 314 Å². The summed E-state index contributed by atoms with van der Waals surface area (Å²) in [6, 6.07) is 63.8. The molecule has 0 saturated carbocycles. The third-order valence-electron chi connectivity index (χ3n) is 11.5. The van der Waals surface area contributed by atoms with E-state index in [-0.39, 0.29) is 10.5 Å². The van der Waals surface area contributed by atoms with E-state index < -0.39 is 8.07 Å². The van der Waals surface area contributed by atoms with Gasteiger partial charge in [0.15, 0.2) is 8.07 Å². The van der Waals surface area contributed by atoms with E-state index in [2.05, 4.69) is 221 Å². The lowest BCUT2D eigenvalue weighted by Crippen LogP contribution is -2.72. The first kappa shape index (κ1) is 33.2. The second-order valence-corrected chi connectivity index (χ2v) is 21.4. The molecule has 2 heterocycles. The molecule has 9 rings (SSSR count). The maximum absolute atomic E-state index is 2.57. The molecule has 7 aromatic carbocycles. The summed E-state index contributed by atoms with van der Waals surface area (Å²) >= 11 is 0. The van der Waals surface area contributed by atoms with Crippen molar-refractivity contribution in [2.45, 2.75) is 52.0 Å². The van der Waals surface area contributed by atoms with Gasteiger partial charge in [-0.05, 0) is 86.2 Å². The van der Waals surface area contributed by atoms with Crippen LogP contribution in [0.15, 0.2) is 170 Å². The summed E-state index contributed by atoms with van der Waals surface area (Å²) in [7, 11) is -2.56. The largest absolute Gasteiger partial charge is 0.309 e. The van der Waals surface area contributed by atoms with Crippen LogP contribution in [0.2, 0.25) is 5.04 Å². The number of aromatic nitrogens is 2. The van der Waals surface area contributed by atoms with Crippen LogP contribution in [0.25, 0.3) is 55.0 Å². The van der Waals surface area contributed by atoms with E-state index in [1.807, 2.05) is 0 Å². The van der Waals surface area contributed by atoms with E-state index >= 15 is 0 Å². The molecule has 0 unspecified atom stereocenters. The Hall–Kier alpha value is -5.64. The normalized spacial score (nSPS) is 12.7. The molecular formula is C50H46N2Si. The van der Waals surface area contributed by atoms with Crippen LogP contribution >= 0.6 is 0 Å². The third kappa shape index (κ3) is 5.13. The first-order chi connectivity index (χ1) is 25.6. The van der Waals surface area contributed by atoms with Crippen molar-refractivity contribution in [3.05, 3.63) is 175 Å². The molecule has 2 nitrogen and oxygen atoms in total. The Morgan fingerprint density at radius 3 is 1.43 bits per heavy atom. The average molecular weight is 703 g/mol. The number of fused-ring (bicyclic) bond motifs is 6. The molecular weight excluding hydrogens is 657 g/mol. The fourth-order valence-electron chi connectivity index (χ4n) is 9.13. The second kappa shape index (κ2) is 12.2. The molecule has 0 amide bonds. The highest BCUT2D eigenvalue weighted by atomic mass is 28.3. The Morgan fingerprint density at radius 1 is 0.358 bits per heavy atom. The van der Waals surface area contributed by atoms with Gasteiger partial charge >= 0.3 is 0 Å². The minimum absolute atomic E-state index is 0.00365. The van der Waals surface area contributed by atoms with E-state index in [0.717, 1.165) is 0 Å². The lowest BCUT2D eigenvalue weighted by molar-refractivity contribution is 0.591. The summed E-state index contributed by atoms with van der Waals surface area (Å²) in [5, 5.41) is 9.45. The molecule has 0 aliphatic rings. The van der Waals surface area contributed by atoms with Crippen molar-refractivity contribution >= 4 is 67.2 Å². The van der Waals surface area contributed by atoms with Crippen LogP contribution in [0.1, 0.15) is 47.1 Å². The number of hydrogen-bond acceptors (Lipinski definition) is 0. The first-order valence-corrected chi connectivity index (χ1v) is 20.9. The van der Waals surface area contributed by atoms with Gasteiger partial charge in [0.1, 0.15) is 0 Å². The number of nitrogens with zero attached hydrogens (tertiary/aromatic N) is 2. The maximum Gasteiger partial charge on any atom is 0.153 e. The van der Waals surface area contributed by atoms with Crippen LogP contribution in [0, 0.1) is 0 Å². The van der Waals surface area contributed by atoms with Crippen molar-refractivity contribution < 1.29 is 0 Å². The molecule has 9 aromatic rings. The van der Waals surface area contributed by atoms with Crippen molar-refractivity contribution in [1.82, 2.24) is 9.13 Å². The Bertz CT molecular complexity index is 2740. The Morgan fingerprint density at radius 2 is 0.830 bits per heavy atom. The molecule has 2 aromatic heterocycles. The maximum atomic E-state index is 2.57. The predicted octanol–water partition coefficient (Wildman–Crippen LogP) is 11.4. The monoisotopic (exact) mass is 702 g/mol. The summed E-state index contributed by atoms with van der Waals surface area (Å²) in [6.45, 7) is 14.3. The molecule has 53 heavy (non-hydrogen) atoms. The van der Waals surface area contributed by atoms with Gasteiger partial charge in [-0.2, -0.15) is 0 Å². The number of hydrogen-bond donors (Lipinski definition) is 0. The van der Waals surface area contributed by atoms with Crippen LogP contribution in [-0.2, 0) is 5.41 Å². The highest BCUT2D eigenvalue weighted by molar-refractivity contribution is 7.13. The Balaban J connectivity index is 1.36. The van der Waals surface area contributed by atoms with Gasteiger partial charge in [0.25, 0.3) is 0 Å². The van der Waals surface area contributed by atoms with Crippen molar-refractivity contribution in [1.29, 1.82) is 0 Å². The molecule has 0 atom stereocenters. The topological polar surface area (TPSA) is 9.86 Å². The van der Waals surface area contributed by atoms with Crippen molar-refractivity contribution in [2.24, 2.45) is 0 Å². The van der Waals surface area contributed by atoms with Gasteiger partial charge in [0.05, 0.1) is 22.1 Å². The molecule has 0 saturated heterocycles. The fourth-order valence-corrected chi connectivity index (χ4v) is 14.8. The van der Waals surface area contributed by atoms with E-state index in [1.54, 1.807) is 0 Å². The molecule has 0 bridgehead atoms. The van der Waals surface area contributed by atoms with Gasteiger partial charge in [-0.25, -0.2) is 0 Å². The van der Waals surface area contributed by atoms with Crippen molar-refractivity contribution in [3.8, 4) is 11.4 Å². The summed E-state index contributed by atoms with van der Waals surface area (Å²) < 4.78 is 4.90. The number of rotatable bonds is 5. The molecule has 3 heteroatoms. The minimum atomic E-state index is -2.56. The average Bonchev–Trinajstić information content (AvgIpc) is 3.67. The predicted molar refractivity (Wildman–Crippen MR) is 231 cm³/mol. The molecule has 0 aliphatic heterocycles. The standard InChI is InChI=1S/C50H46N2Si/c1-49(2,3)35-26-29-46-42(32-35)44-34-40(53(50(4,5)6,38-20-12-8-13-21-38)39-22-14-9-15-23-39)28-31-48(44)52(46)37-27-30-47-43(33-37)41-24-16-17-25-45(41)51(47)36-18-10-7-11-19-36/h7-34H,1-6H3. The summed E-state index contributed by atoms with van der Waals surface area (Å²) in [4.78, 5) is 0. The van der Waals surface area contributed by atoms with E-state index in [0.29, 0.717) is 0 Å². The third-order valence-corrected chi connectivity index (χ3v) is 17.4. The minimum Gasteiger partial charge on any atom is -0.309 e. The molecule has 260 valence electrons. The van der Waals surface area contributed by atoms with Gasteiger partial charge in [-0.15, -0.1) is 0 Å². The van der Waals surface area contributed by atoms with Gasteiger partial charge in [-0.1, -0.05) is 157 Å². The molecule has 0 radical (unpaired) electrons. The quantitative estimate of drug-likeness (QED) is 0.125. The zero-order valence-corrected chi connectivity index (χ0v) is 32.6. The van der Waals surface area contributed by atoms with E-state index in [1.165, 1.54) is 76.1 Å². The van der Waals surface area contributed by atoms with Crippen molar-refractivity contribution in [3.63, 3.8) is 0 Å². The molecule has 0 N–H and O–H groups in total. The smallest absolute Gasteiger partial charge is 0.153 e. The van der Waals surface area contributed by atoms with E-state index in [4.69, 9.17) is 0 Å². The van der Waals surface area contributed by atoms with Crippen LogP contribution in [0.4, 0.5) is 0 Å². The van der Waals surface area contributed by atoms with Gasteiger partial charge in [0, 0.05) is 32.9 Å². The SMILES string of the molecule is CC(C)(C)c1ccc2c(c1)c1cc([Si](c3ccccc3)(c3ccccc3)C(C)(C)C)ccc1n2-c1ccc2c(c1)c1ccccc1n2-c1ccccc1. The Kier molecular flexibility index (Phi) is 7.65.